The highest BCUT2D eigenvalue weighted by molar-refractivity contribution is 6.74. The number of rotatable bonds is 3. The smallest absolute Gasteiger partial charge is 0.454 e. The first-order valence-corrected chi connectivity index (χ1v) is 8.48. The van der Waals surface area contributed by atoms with Gasteiger partial charge < -0.3 is 4.43 Å². The molecule has 0 aromatic rings. The van der Waals surface area contributed by atoms with Crippen molar-refractivity contribution in [2.45, 2.75) is 51.3 Å². The van der Waals surface area contributed by atoms with Gasteiger partial charge in [-0.3, -0.25) is 4.79 Å². The quantitative estimate of drug-likeness (QED) is 0.329. The van der Waals surface area contributed by atoms with E-state index in [0.29, 0.717) is 0 Å². The largest absolute Gasteiger partial charge is 0.540 e. The molecule has 0 aromatic carbocycles. The van der Waals surface area contributed by atoms with Crippen LogP contribution in [0.3, 0.4) is 0 Å². The monoisotopic (exact) mass is 322 g/mol. The molecule has 20 heavy (non-hydrogen) atoms. The van der Waals surface area contributed by atoms with E-state index in [-0.39, 0.29) is 0 Å². The fourth-order valence-electron chi connectivity index (χ4n) is 0.798. The summed E-state index contributed by atoms with van der Waals surface area (Å²) in [6.07, 6.45) is -11.1. The minimum atomic E-state index is -5.37. The van der Waals surface area contributed by atoms with Gasteiger partial charge in [-0.1, -0.05) is 20.8 Å². The molecular formula is C11H16F6O2Si. The SMILES string of the molecule is CC(C)(C)[Si](C)(C)O/C(=C\C(=O)C(F)(F)F)C(F)(F)F. The van der Waals surface area contributed by atoms with Crippen LogP contribution in [0.25, 0.3) is 0 Å². The van der Waals surface area contributed by atoms with Crippen LogP contribution in [0.4, 0.5) is 26.3 Å². The number of allylic oxidation sites excluding steroid dienone is 2. The third kappa shape index (κ3) is 5.18. The van der Waals surface area contributed by atoms with Crippen LogP contribution in [0.2, 0.25) is 18.1 Å². The third-order valence-electron chi connectivity index (χ3n) is 2.99. The Morgan fingerprint density at radius 2 is 1.35 bits per heavy atom. The first-order chi connectivity index (χ1) is 8.48. The van der Waals surface area contributed by atoms with Crippen molar-refractivity contribution in [2.24, 2.45) is 0 Å². The predicted molar refractivity (Wildman–Crippen MR) is 63.5 cm³/mol. The lowest BCUT2D eigenvalue weighted by Crippen LogP contribution is -2.42. The number of alkyl halides is 6. The van der Waals surface area contributed by atoms with Crippen LogP contribution < -0.4 is 0 Å². The van der Waals surface area contributed by atoms with Crippen LogP contribution in [-0.2, 0) is 9.22 Å². The molecule has 0 spiro atoms. The maximum absolute atomic E-state index is 12.7. The van der Waals surface area contributed by atoms with E-state index in [4.69, 9.17) is 4.43 Å². The van der Waals surface area contributed by atoms with Gasteiger partial charge >= 0.3 is 12.4 Å². The first-order valence-electron chi connectivity index (χ1n) is 5.57. The lowest BCUT2D eigenvalue weighted by Gasteiger charge is -2.37. The molecule has 118 valence electrons. The van der Waals surface area contributed by atoms with Crippen molar-refractivity contribution in [3.8, 4) is 0 Å². The summed E-state index contributed by atoms with van der Waals surface area (Å²) in [5.74, 6) is -4.49. The Hall–Kier alpha value is -0.993. The summed E-state index contributed by atoms with van der Waals surface area (Å²) < 4.78 is 79.1. The zero-order valence-electron chi connectivity index (χ0n) is 11.7. The summed E-state index contributed by atoms with van der Waals surface area (Å²) in [5.41, 5.74) is 0. The maximum atomic E-state index is 12.7. The molecule has 0 aliphatic carbocycles. The average molecular weight is 322 g/mol. The fraction of sp³-hybridized carbons (Fsp3) is 0.727. The minimum Gasteiger partial charge on any atom is -0.540 e. The van der Waals surface area contributed by atoms with Gasteiger partial charge in [0.15, 0.2) is 5.76 Å². The Balaban J connectivity index is 5.55. The second-order valence-corrected chi connectivity index (χ2v) is 10.5. The van der Waals surface area contributed by atoms with Gasteiger partial charge in [0.05, 0.1) is 0 Å². The number of hydrogen-bond donors (Lipinski definition) is 0. The minimum absolute atomic E-state index is 0.527. The summed E-state index contributed by atoms with van der Waals surface area (Å²) >= 11 is 0. The van der Waals surface area contributed by atoms with E-state index in [0.717, 1.165) is 0 Å². The summed E-state index contributed by atoms with van der Waals surface area (Å²) in [5, 5.41) is -0.654. The normalized spacial score (nSPS) is 15.2. The molecule has 0 atom stereocenters. The van der Waals surface area contributed by atoms with E-state index < -0.39 is 43.3 Å². The highest BCUT2D eigenvalue weighted by atomic mass is 28.4. The van der Waals surface area contributed by atoms with E-state index in [1.165, 1.54) is 13.1 Å². The molecule has 9 heteroatoms. The summed E-state index contributed by atoms with van der Waals surface area (Å²) in [7, 11) is -3.01. The lowest BCUT2D eigenvalue weighted by atomic mass is 10.2. The van der Waals surface area contributed by atoms with Crippen LogP contribution in [0.5, 0.6) is 0 Å². The maximum Gasteiger partial charge on any atom is 0.454 e. The Kier molecular flexibility index (Phi) is 5.15. The molecule has 0 saturated heterocycles. The van der Waals surface area contributed by atoms with Gasteiger partial charge in [0, 0.05) is 6.08 Å². The molecule has 0 fully saturated rings. The van der Waals surface area contributed by atoms with E-state index in [9.17, 15) is 31.1 Å². The number of hydrogen-bond acceptors (Lipinski definition) is 2. The number of ketones is 1. The standard InChI is InChI=1S/C11H16F6O2Si/c1-9(2,3)20(4,5)19-8(11(15,16)17)6-7(18)10(12,13)14/h6H,1-5H3/b8-6-. The first kappa shape index (κ1) is 19.0. The number of halogens is 6. The van der Waals surface area contributed by atoms with Crippen LogP contribution in [-0.4, -0.2) is 26.5 Å². The lowest BCUT2D eigenvalue weighted by molar-refractivity contribution is -0.166. The molecule has 2 nitrogen and oxygen atoms in total. The van der Waals surface area contributed by atoms with Gasteiger partial charge in [0.1, 0.15) is 0 Å². The number of carbonyl (C=O) groups excluding carboxylic acids is 1. The van der Waals surface area contributed by atoms with Crippen LogP contribution in [0, 0.1) is 0 Å². The van der Waals surface area contributed by atoms with Crippen LogP contribution in [0.15, 0.2) is 11.8 Å². The Labute approximate surface area is 113 Å². The van der Waals surface area contributed by atoms with Gasteiger partial charge in [0.25, 0.3) is 5.78 Å². The van der Waals surface area contributed by atoms with Crippen molar-refractivity contribution in [1.82, 2.24) is 0 Å². The van der Waals surface area contributed by atoms with Gasteiger partial charge in [0.2, 0.25) is 8.32 Å². The molecule has 0 bridgehead atoms. The van der Waals surface area contributed by atoms with Crippen molar-refractivity contribution < 1.29 is 35.6 Å². The zero-order valence-corrected chi connectivity index (χ0v) is 12.7. The highest BCUT2D eigenvalue weighted by Gasteiger charge is 2.47. The van der Waals surface area contributed by atoms with Gasteiger partial charge in [-0.25, -0.2) is 0 Å². The van der Waals surface area contributed by atoms with Crippen molar-refractivity contribution in [3.63, 3.8) is 0 Å². The average Bonchev–Trinajstić information content (AvgIpc) is 2.11. The molecule has 0 aliphatic rings. The van der Waals surface area contributed by atoms with Crippen molar-refractivity contribution in [3.05, 3.63) is 11.8 Å². The molecule has 0 heterocycles. The van der Waals surface area contributed by atoms with Crippen LogP contribution in [0.1, 0.15) is 20.8 Å². The van der Waals surface area contributed by atoms with Crippen molar-refractivity contribution in [1.29, 1.82) is 0 Å². The van der Waals surface area contributed by atoms with E-state index in [1.54, 1.807) is 20.8 Å². The third-order valence-corrected chi connectivity index (χ3v) is 7.33. The second kappa shape index (κ2) is 5.42. The Morgan fingerprint density at radius 1 is 0.950 bits per heavy atom. The van der Waals surface area contributed by atoms with Crippen LogP contribution >= 0.6 is 0 Å². The molecule has 0 aromatic heterocycles. The molecule has 0 saturated carbocycles. The molecule has 0 N–H and O–H groups in total. The molecule has 0 unspecified atom stereocenters. The van der Waals surface area contributed by atoms with Gasteiger partial charge in [-0.05, 0) is 18.1 Å². The van der Waals surface area contributed by atoms with Crippen molar-refractivity contribution >= 4 is 14.1 Å². The molecule has 0 rings (SSSR count). The Bertz CT molecular complexity index is 401. The van der Waals surface area contributed by atoms with E-state index in [2.05, 4.69) is 0 Å². The topological polar surface area (TPSA) is 26.3 Å². The van der Waals surface area contributed by atoms with Gasteiger partial charge in [-0.2, -0.15) is 26.3 Å². The van der Waals surface area contributed by atoms with E-state index in [1.807, 2.05) is 0 Å². The Morgan fingerprint density at radius 3 is 1.60 bits per heavy atom. The van der Waals surface area contributed by atoms with Gasteiger partial charge in [-0.15, -0.1) is 0 Å². The molecule has 0 amide bonds. The molecule has 0 radical (unpaired) electrons. The highest BCUT2D eigenvalue weighted by Crippen LogP contribution is 2.41. The molecular weight excluding hydrogens is 306 g/mol. The number of carbonyl (C=O) groups is 1. The summed E-state index contributed by atoms with van der Waals surface area (Å²) in [6.45, 7) is 7.74. The van der Waals surface area contributed by atoms with E-state index >= 15 is 0 Å². The summed E-state index contributed by atoms with van der Waals surface area (Å²) in [4.78, 5) is 10.7. The zero-order chi connectivity index (χ0) is 16.6. The fourth-order valence-corrected chi connectivity index (χ4v) is 1.83. The predicted octanol–water partition coefficient (Wildman–Crippen LogP) is 4.59. The molecule has 0 aliphatic heterocycles. The summed E-state index contributed by atoms with van der Waals surface area (Å²) in [6, 6.07) is 0. The second-order valence-electron chi connectivity index (χ2n) is 5.73. The van der Waals surface area contributed by atoms with Crippen molar-refractivity contribution in [2.75, 3.05) is 0 Å².